The van der Waals surface area contributed by atoms with E-state index in [9.17, 15) is 4.79 Å². The summed E-state index contributed by atoms with van der Waals surface area (Å²) in [6, 6.07) is 21.7. The van der Waals surface area contributed by atoms with E-state index in [1.54, 1.807) is 12.2 Å². The van der Waals surface area contributed by atoms with Gasteiger partial charge in [-0.15, -0.1) is 0 Å². The summed E-state index contributed by atoms with van der Waals surface area (Å²) < 4.78 is 13.0. The van der Waals surface area contributed by atoms with E-state index in [1.807, 2.05) is 73.7 Å². The fourth-order valence-corrected chi connectivity index (χ4v) is 4.51. The van der Waals surface area contributed by atoms with Gasteiger partial charge in [0, 0.05) is 5.56 Å². The van der Waals surface area contributed by atoms with Crippen LogP contribution in [0.4, 0.5) is 0 Å². The second-order valence-corrected chi connectivity index (χ2v) is 8.66. The number of benzene rings is 3. The molecule has 0 saturated heterocycles. The minimum Gasteiger partial charge on any atom is -0.487 e. The third-order valence-corrected chi connectivity index (χ3v) is 5.81. The molecule has 0 unspecified atom stereocenters. The number of aryl methyl sites for hydroxylation is 1. The summed E-state index contributed by atoms with van der Waals surface area (Å²) in [6.45, 7) is 2.49. The summed E-state index contributed by atoms with van der Waals surface area (Å²) in [5.41, 5.74) is 4.48. The van der Waals surface area contributed by atoms with Crippen LogP contribution in [0.25, 0.3) is 11.8 Å². The molecule has 0 N–H and O–H groups in total. The summed E-state index contributed by atoms with van der Waals surface area (Å²) in [5, 5.41) is 0. The molecule has 0 saturated carbocycles. The Morgan fingerprint density at radius 2 is 1.63 bits per heavy atom. The van der Waals surface area contributed by atoms with Gasteiger partial charge < -0.3 is 9.47 Å². The number of carbonyl (C=O) groups is 1. The van der Waals surface area contributed by atoms with Gasteiger partial charge in [-0.2, -0.15) is 0 Å². The smallest absolute Gasteiger partial charge is 0.343 e. The molecule has 3 aromatic carbocycles. The maximum Gasteiger partial charge on any atom is 0.343 e. The van der Waals surface area contributed by atoms with Gasteiger partial charge in [-0.3, -0.25) is 0 Å². The average Bonchev–Trinajstić information content (AvgIpc) is 3.09. The highest BCUT2D eigenvalue weighted by Gasteiger charge is 2.22. The molecule has 0 radical (unpaired) electrons. The first-order valence-electron chi connectivity index (χ1n) is 9.38. The standard InChI is InChI=1S/C25H18Br2O3/c1-16-7-9-19(10-8-16)23-14-20(25(28)30-23)11-18-12-21(26)24(22(27)13-18)29-15-17-5-3-2-4-6-17/h2-14H,15H2,1H3/b20-11+. The van der Waals surface area contributed by atoms with Crippen LogP contribution in [0.2, 0.25) is 0 Å². The summed E-state index contributed by atoms with van der Waals surface area (Å²) in [4.78, 5) is 12.3. The molecular weight excluding hydrogens is 508 g/mol. The maximum absolute atomic E-state index is 12.3. The van der Waals surface area contributed by atoms with Crippen LogP contribution >= 0.6 is 31.9 Å². The van der Waals surface area contributed by atoms with Crippen molar-refractivity contribution in [1.29, 1.82) is 0 Å². The summed E-state index contributed by atoms with van der Waals surface area (Å²) in [5.74, 6) is 0.917. The van der Waals surface area contributed by atoms with Crippen LogP contribution in [0.1, 0.15) is 22.3 Å². The van der Waals surface area contributed by atoms with E-state index in [0.29, 0.717) is 23.7 Å². The van der Waals surface area contributed by atoms with Gasteiger partial charge in [0.05, 0.1) is 14.5 Å². The van der Waals surface area contributed by atoms with Gasteiger partial charge in [-0.05, 0) is 74.2 Å². The topological polar surface area (TPSA) is 35.5 Å². The van der Waals surface area contributed by atoms with Gasteiger partial charge in [-0.1, -0.05) is 60.2 Å². The molecular formula is C25H18Br2O3. The predicted octanol–water partition coefficient (Wildman–Crippen LogP) is 7.08. The van der Waals surface area contributed by atoms with Crippen LogP contribution < -0.4 is 4.74 Å². The Bertz CT molecular complexity index is 1120. The lowest BCUT2D eigenvalue weighted by atomic mass is 10.1. The fraction of sp³-hybridized carbons (Fsp3) is 0.0800. The third-order valence-electron chi connectivity index (χ3n) is 4.63. The molecule has 1 aliphatic rings. The molecule has 0 atom stereocenters. The maximum atomic E-state index is 12.3. The van der Waals surface area contributed by atoms with Crippen LogP contribution in [0, 0.1) is 6.92 Å². The Balaban J connectivity index is 1.56. The first-order chi connectivity index (χ1) is 14.5. The molecule has 0 bridgehead atoms. The van der Waals surface area contributed by atoms with Gasteiger partial charge in [0.1, 0.15) is 18.1 Å². The van der Waals surface area contributed by atoms with Crippen molar-refractivity contribution in [2.75, 3.05) is 0 Å². The SMILES string of the molecule is Cc1ccc(C2=C/C(=C\c3cc(Br)c(OCc4ccccc4)c(Br)c3)C(=O)O2)cc1. The zero-order chi connectivity index (χ0) is 21.1. The summed E-state index contributed by atoms with van der Waals surface area (Å²) >= 11 is 7.15. The monoisotopic (exact) mass is 524 g/mol. The second-order valence-electron chi connectivity index (χ2n) is 6.95. The third kappa shape index (κ3) is 4.74. The van der Waals surface area contributed by atoms with Gasteiger partial charge in [0.2, 0.25) is 0 Å². The van der Waals surface area contributed by atoms with Crippen molar-refractivity contribution in [3.8, 4) is 5.75 Å². The van der Waals surface area contributed by atoms with E-state index < -0.39 is 0 Å². The number of rotatable bonds is 5. The van der Waals surface area contributed by atoms with Crippen molar-refractivity contribution >= 4 is 49.7 Å². The minimum absolute atomic E-state index is 0.359. The van der Waals surface area contributed by atoms with Crippen molar-refractivity contribution in [1.82, 2.24) is 0 Å². The Labute approximate surface area is 192 Å². The van der Waals surface area contributed by atoms with Gasteiger partial charge in [-0.25, -0.2) is 4.79 Å². The number of cyclic esters (lactones) is 1. The zero-order valence-corrected chi connectivity index (χ0v) is 19.4. The van der Waals surface area contributed by atoms with Gasteiger partial charge >= 0.3 is 5.97 Å². The molecule has 0 aromatic heterocycles. The first kappa shape index (κ1) is 20.6. The van der Waals surface area contributed by atoms with Gasteiger partial charge in [0.25, 0.3) is 0 Å². The Kier molecular flexibility index (Phi) is 6.21. The van der Waals surface area contributed by atoms with Crippen LogP contribution in [0.15, 0.2) is 87.3 Å². The Morgan fingerprint density at radius 1 is 0.967 bits per heavy atom. The molecule has 0 fully saturated rings. The average molecular weight is 526 g/mol. The number of halogens is 2. The van der Waals surface area contributed by atoms with Crippen molar-refractivity contribution in [3.05, 3.63) is 110 Å². The van der Waals surface area contributed by atoms with E-state index in [-0.39, 0.29) is 5.97 Å². The highest BCUT2D eigenvalue weighted by atomic mass is 79.9. The first-order valence-corrected chi connectivity index (χ1v) is 11.0. The van der Waals surface area contributed by atoms with E-state index in [2.05, 4.69) is 31.9 Å². The van der Waals surface area contributed by atoms with Crippen LogP contribution in [0.5, 0.6) is 5.75 Å². The van der Waals surface area contributed by atoms with E-state index in [4.69, 9.17) is 9.47 Å². The Morgan fingerprint density at radius 3 is 2.30 bits per heavy atom. The summed E-state index contributed by atoms with van der Waals surface area (Å²) in [6.07, 6.45) is 3.58. The minimum atomic E-state index is -0.359. The molecule has 150 valence electrons. The van der Waals surface area contributed by atoms with Crippen molar-refractivity contribution < 1.29 is 14.3 Å². The molecule has 1 heterocycles. The molecule has 0 aliphatic carbocycles. The number of esters is 1. The second kappa shape index (κ2) is 9.02. The highest BCUT2D eigenvalue weighted by molar-refractivity contribution is 9.11. The molecule has 1 aliphatic heterocycles. The lowest BCUT2D eigenvalue weighted by molar-refractivity contribution is -0.130. The quantitative estimate of drug-likeness (QED) is 0.263. The molecule has 4 rings (SSSR count). The van der Waals surface area contributed by atoms with Gasteiger partial charge in [0.15, 0.2) is 0 Å². The van der Waals surface area contributed by atoms with Crippen LogP contribution in [0.3, 0.4) is 0 Å². The van der Waals surface area contributed by atoms with Crippen LogP contribution in [-0.2, 0) is 16.1 Å². The number of hydrogen-bond acceptors (Lipinski definition) is 3. The zero-order valence-electron chi connectivity index (χ0n) is 16.2. The number of carbonyl (C=O) groups excluding carboxylic acids is 1. The molecule has 3 nitrogen and oxygen atoms in total. The lowest BCUT2D eigenvalue weighted by Crippen LogP contribution is -1.98. The largest absolute Gasteiger partial charge is 0.487 e. The number of ether oxygens (including phenoxy) is 2. The van der Waals surface area contributed by atoms with E-state index in [1.165, 1.54) is 0 Å². The molecule has 5 heteroatoms. The lowest BCUT2D eigenvalue weighted by Gasteiger charge is -2.11. The highest BCUT2D eigenvalue weighted by Crippen LogP contribution is 2.36. The molecule has 0 spiro atoms. The van der Waals surface area contributed by atoms with Crippen molar-refractivity contribution in [3.63, 3.8) is 0 Å². The summed E-state index contributed by atoms with van der Waals surface area (Å²) in [7, 11) is 0. The van der Waals surface area contributed by atoms with Crippen molar-refractivity contribution in [2.45, 2.75) is 13.5 Å². The molecule has 0 amide bonds. The van der Waals surface area contributed by atoms with Crippen LogP contribution in [-0.4, -0.2) is 5.97 Å². The molecule has 30 heavy (non-hydrogen) atoms. The van der Waals surface area contributed by atoms with E-state index >= 15 is 0 Å². The number of hydrogen-bond donors (Lipinski definition) is 0. The molecule has 3 aromatic rings. The Hall–Kier alpha value is -2.63. The normalized spacial score (nSPS) is 14.6. The van der Waals surface area contributed by atoms with E-state index in [0.717, 1.165) is 31.2 Å². The van der Waals surface area contributed by atoms with Crippen molar-refractivity contribution in [2.24, 2.45) is 0 Å². The predicted molar refractivity (Wildman–Crippen MR) is 126 cm³/mol. The fourth-order valence-electron chi connectivity index (χ4n) is 3.06.